The number of imidazole rings is 1. The lowest BCUT2D eigenvalue weighted by atomic mass is 9.98. The highest BCUT2D eigenvalue weighted by Crippen LogP contribution is 2.38. The monoisotopic (exact) mass is 501 g/mol. The molecule has 2 N–H and O–H groups in total. The summed E-state index contributed by atoms with van der Waals surface area (Å²) in [6.07, 6.45) is 1.39. The average Bonchev–Trinajstić information content (AvgIpc) is 3.12. The number of phenolic OH excluding ortho intramolecular Hbond substituents is 1. The molecule has 0 aliphatic carbocycles. The number of anilines is 1. The topological polar surface area (TPSA) is 117 Å². The van der Waals surface area contributed by atoms with Gasteiger partial charge in [0.2, 0.25) is 0 Å². The van der Waals surface area contributed by atoms with E-state index in [2.05, 4.69) is 19.9 Å². The molecule has 6 rings (SSSR count). The van der Waals surface area contributed by atoms with Crippen LogP contribution in [0.1, 0.15) is 22.8 Å². The van der Waals surface area contributed by atoms with Crippen molar-refractivity contribution in [1.82, 2.24) is 19.9 Å². The third-order valence-corrected chi connectivity index (χ3v) is 6.83. The van der Waals surface area contributed by atoms with Crippen molar-refractivity contribution in [3.63, 3.8) is 0 Å². The number of phenols is 1. The number of nitrogens with zero attached hydrogens (tertiary/aromatic N) is 4. The number of rotatable bonds is 3. The molecule has 2 aromatic carbocycles. The smallest absolute Gasteiger partial charge is 0.349 e. The Bertz CT molecular complexity index is 1730. The fraction of sp³-hybridized carbons (Fsp3) is 0.259. The van der Waals surface area contributed by atoms with Gasteiger partial charge in [0.1, 0.15) is 28.5 Å². The van der Waals surface area contributed by atoms with E-state index in [1.165, 1.54) is 25.3 Å². The number of aromatic amines is 1. The Balaban J connectivity index is 1.56. The van der Waals surface area contributed by atoms with Crippen LogP contribution < -0.4 is 15.3 Å². The van der Waals surface area contributed by atoms with Crippen LogP contribution in [0.5, 0.6) is 11.8 Å². The first-order valence-corrected chi connectivity index (χ1v) is 11.9. The van der Waals surface area contributed by atoms with Gasteiger partial charge in [0.25, 0.3) is 0 Å². The summed E-state index contributed by atoms with van der Waals surface area (Å²) < 4.78 is 26.1. The number of nitrogens with one attached hydrogen (secondary N) is 1. The summed E-state index contributed by atoms with van der Waals surface area (Å²) in [6, 6.07) is 7.52. The maximum Gasteiger partial charge on any atom is 0.349 e. The summed E-state index contributed by atoms with van der Waals surface area (Å²) in [4.78, 5) is 32.4. The number of aromatic nitrogens is 4. The lowest BCUT2D eigenvalue weighted by Gasteiger charge is -2.23. The van der Waals surface area contributed by atoms with Crippen molar-refractivity contribution >= 4 is 27.5 Å². The van der Waals surface area contributed by atoms with Crippen LogP contribution in [0.2, 0.25) is 0 Å². The van der Waals surface area contributed by atoms with Gasteiger partial charge in [0, 0.05) is 48.1 Å². The molecular formula is C27H24FN5O4. The molecule has 0 unspecified atom stereocenters. The first-order valence-electron chi connectivity index (χ1n) is 11.9. The van der Waals surface area contributed by atoms with Crippen molar-refractivity contribution < 1.29 is 18.7 Å². The second kappa shape index (κ2) is 8.58. The molecule has 188 valence electrons. The van der Waals surface area contributed by atoms with E-state index in [0.717, 1.165) is 17.2 Å². The number of hydrogen-bond acceptors (Lipinski definition) is 8. The quantitative estimate of drug-likeness (QED) is 0.378. The van der Waals surface area contributed by atoms with E-state index in [1.807, 2.05) is 11.8 Å². The van der Waals surface area contributed by atoms with Gasteiger partial charge in [0.05, 0.1) is 18.3 Å². The fourth-order valence-corrected chi connectivity index (χ4v) is 5.15. The predicted octanol–water partition coefficient (Wildman–Crippen LogP) is 4.20. The predicted molar refractivity (Wildman–Crippen MR) is 137 cm³/mol. The minimum atomic E-state index is -0.655. The lowest BCUT2D eigenvalue weighted by molar-refractivity contribution is 0.381. The number of hydrogen-bond donors (Lipinski definition) is 2. The number of benzene rings is 2. The summed E-state index contributed by atoms with van der Waals surface area (Å²) in [5.41, 5.74) is 2.54. The molecule has 0 spiro atoms. The summed E-state index contributed by atoms with van der Waals surface area (Å²) in [5.74, 6) is 0.854. The number of aryl methyl sites for hydroxylation is 2. The van der Waals surface area contributed by atoms with Crippen molar-refractivity contribution in [2.45, 2.75) is 26.7 Å². The molecule has 0 atom stereocenters. The standard InChI is InChI=1S/C27H24FN5O4/c1-13-23-22(26(35)37-24(13)17-12-16(34)11-15-5-4-6-18(28)21(15)17)25(32-27(31-23)36-3)33-9-7-19-20(8-10-33)30-14(2)29-19/h4-6,11-12,34H,7-10H2,1-3H3,(H,29,30). The van der Waals surface area contributed by atoms with Crippen LogP contribution in [0, 0.1) is 19.7 Å². The zero-order valence-corrected chi connectivity index (χ0v) is 20.6. The van der Waals surface area contributed by atoms with Crippen molar-refractivity contribution in [3.05, 3.63) is 69.3 Å². The Morgan fingerprint density at radius 1 is 1.11 bits per heavy atom. The summed E-state index contributed by atoms with van der Waals surface area (Å²) in [6.45, 7) is 4.87. The van der Waals surface area contributed by atoms with E-state index in [-0.39, 0.29) is 33.9 Å². The second-order valence-corrected chi connectivity index (χ2v) is 9.17. The summed E-state index contributed by atoms with van der Waals surface area (Å²) in [7, 11) is 1.46. The van der Waals surface area contributed by atoms with E-state index < -0.39 is 11.4 Å². The van der Waals surface area contributed by atoms with E-state index in [4.69, 9.17) is 9.15 Å². The second-order valence-electron chi connectivity index (χ2n) is 9.17. The molecule has 9 nitrogen and oxygen atoms in total. The van der Waals surface area contributed by atoms with E-state index in [0.29, 0.717) is 48.2 Å². The molecule has 0 amide bonds. The maximum absolute atomic E-state index is 14.9. The van der Waals surface area contributed by atoms with Crippen LogP contribution in [-0.2, 0) is 12.8 Å². The fourth-order valence-electron chi connectivity index (χ4n) is 5.15. The van der Waals surface area contributed by atoms with Crippen LogP contribution >= 0.6 is 0 Å². The molecule has 0 bridgehead atoms. The number of ether oxygens (including phenoxy) is 1. The van der Waals surface area contributed by atoms with Gasteiger partial charge < -0.3 is 24.1 Å². The molecule has 1 aliphatic rings. The SMILES string of the molecule is COc1nc(N2CCc3nc(C)[nH]c3CC2)c2c(=O)oc(-c3cc(O)cc4cccc(F)c34)c(C)c2n1. The van der Waals surface area contributed by atoms with Crippen LogP contribution in [0.4, 0.5) is 10.2 Å². The zero-order valence-electron chi connectivity index (χ0n) is 20.6. The Labute approximate surface area is 210 Å². The number of halogens is 1. The minimum absolute atomic E-state index is 0.0761. The molecule has 5 aromatic rings. The maximum atomic E-state index is 14.9. The Morgan fingerprint density at radius 3 is 2.73 bits per heavy atom. The molecule has 10 heteroatoms. The molecular weight excluding hydrogens is 477 g/mol. The van der Waals surface area contributed by atoms with Gasteiger partial charge in [-0.2, -0.15) is 9.97 Å². The van der Waals surface area contributed by atoms with Crippen molar-refractivity contribution in [2.75, 3.05) is 25.1 Å². The van der Waals surface area contributed by atoms with Gasteiger partial charge in [-0.05, 0) is 37.4 Å². The molecule has 0 fully saturated rings. The highest BCUT2D eigenvalue weighted by molar-refractivity contribution is 6.00. The van der Waals surface area contributed by atoms with Crippen LogP contribution in [0.3, 0.4) is 0 Å². The lowest BCUT2D eigenvalue weighted by Crippen LogP contribution is -2.29. The van der Waals surface area contributed by atoms with Crippen LogP contribution in [-0.4, -0.2) is 45.2 Å². The van der Waals surface area contributed by atoms with Crippen LogP contribution in [0.25, 0.3) is 33.0 Å². The third kappa shape index (κ3) is 3.76. The number of aromatic hydroxyl groups is 1. The number of methoxy groups -OCH3 is 1. The minimum Gasteiger partial charge on any atom is -0.508 e. The van der Waals surface area contributed by atoms with Gasteiger partial charge in [-0.25, -0.2) is 14.2 Å². The van der Waals surface area contributed by atoms with Crippen molar-refractivity contribution in [1.29, 1.82) is 0 Å². The first-order chi connectivity index (χ1) is 17.8. The normalized spacial score (nSPS) is 13.7. The molecule has 0 radical (unpaired) electrons. The largest absolute Gasteiger partial charge is 0.508 e. The van der Waals surface area contributed by atoms with Crippen LogP contribution in [0.15, 0.2) is 39.5 Å². The van der Waals surface area contributed by atoms with Gasteiger partial charge in [-0.3, -0.25) is 0 Å². The molecule has 1 aliphatic heterocycles. The average molecular weight is 502 g/mol. The molecule has 37 heavy (non-hydrogen) atoms. The van der Waals surface area contributed by atoms with Crippen molar-refractivity contribution in [3.8, 4) is 23.1 Å². The molecule has 4 heterocycles. The zero-order chi connectivity index (χ0) is 25.8. The third-order valence-electron chi connectivity index (χ3n) is 6.83. The van der Waals surface area contributed by atoms with E-state index in [1.54, 1.807) is 19.1 Å². The summed E-state index contributed by atoms with van der Waals surface area (Å²) >= 11 is 0. The summed E-state index contributed by atoms with van der Waals surface area (Å²) in [5, 5.41) is 11.3. The number of fused-ring (bicyclic) bond motifs is 3. The molecule has 0 saturated carbocycles. The Hall–Kier alpha value is -4.47. The molecule has 3 aromatic heterocycles. The Kier molecular flexibility index (Phi) is 5.32. The highest BCUT2D eigenvalue weighted by Gasteiger charge is 2.26. The van der Waals surface area contributed by atoms with Gasteiger partial charge in [-0.15, -0.1) is 0 Å². The highest BCUT2D eigenvalue weighted by atomic mass is 19.1. The Morgan fingerprint density at radius 2 is 1.92 bits per heavy atom. The van der Waals surface area contributed by atoms with E-state index in [9.17, 15) is 14.3 Å². The number of H-pyrrole nitrogens is 1. The van der Waals surface area contributed by atoms with Gasteiger partial charge >= 0.3 is 11.6 Å². The van der Waals surface area contributed by atoms with Gasteiger partial charge in [-0.1, -0.05) is 12.1 Å². The first kappa shape index (κ1) is 23.0. The molecule has 0 saturated heterocycles. The van der Waals surface area contributed by atoms with E-state index >= 15 is 0 Å². The van der Waals surface area contributed by atoms with Gasteiger partial charge in [0.15, 0.2) is 5.82 Å². The van der Waals surface area contributed by atoms with Crippen molar-refractivity contribution in [2.24, 2.45) is 0 Å².